The number of rotatable bonds is 2. The smallest absolute Gasteiger partial charge is 0.124 e. The zero-order valence-electron chi connectivity index (χ0n) is 8.87. The fourth-order valence-corrected chi connectivity index (χ4v) is 2.77. The zero-order chi connectivity index (χ0) is 11.1. The number of hydrogen-bond acceptors (Lipinski definition) is 3. The van der Waals surface area contributed by atoms with Gasteiger partial charge in [0.15, 0.2) is 0 Å². The number of nitrogens with zero attached hydrogens (tertiary/aromatic N) is 1. The molecule has 4 heteroatoms. The monoisotopic (exact) mass is 257 g/mol. The Morgan fingerprint density at radius 3 is 2.87 bits per heavy atom. The molecule has 2 aromatic heterocycles. The van der Waals surface area contributed by atoms with Crippen molar-refractivity contribution < 1.29 is 0 Å². The van der Waals surface area contributed by atoms with Crippen molar-refractivity contribution in [1.29, 1.82) is 0 Å². The van der Waals surface area contributed by atoms with E-state index in [2.05, 4.69) is 31.2 Å². The molecule has 0 unspecified atom stereocenters. The molecular weight excluding hydrogens is 246 g/mol. The third kappa shape index (κ3) is 2.01. The van der Waals surface area contributed by atoms with Gasteiger partial charge in [0, 0.05) is 21.7 Å². The maximum absolute atomic E-state index is 6.10. The molecule has 0 saturated carbocycles. The molecule has 2 aromatic rings. The Bertz CT molecular complexity index is 490. The Morgan fingerprint density at radius 1 is 1.47 bits per heavy atom. The van der Waals surface area contributed by atoms with Crippen LogP contribution < -0.4 is 0 Å². The lowest BCUT2D eigenvalue weighted by Gasteiger charge is -2.22. The predicted molar refractivity (Wildman–Crippen MR) is 71.2 cm³/mol. The second-order valence-electron chi connectivity index (χ2n) is 3.87. The zero-order valence-corrected chi connectivity index (χ0v) is 11.3. The average molecular weight is 258 g/mol. The molecule has 2 rings (SSSR count). The molecule has 15 heavy (non-hydrogen) atoms. The van der Waals surface area contributed by atoms with E-state index >= 15 is 0 Å². The van der Waals surface area contributed by atoms with Gasteiger partial charge in [-0.15, -0.1) is 11.3 Å². The van der Waals surface area contributed by atoms with E-state index in [0.717, 1.165) is 15.2 Å². The van der Waals surface area contributed by atoms with Gasteiger partial charge in [-0.05, 0) is 31.7 Å². The van der Waals surface area contributed by atoms with Gasteiger partial charge in [0.25, 0.3) is 0 Å². The standard InChI is InChI=1S/C11H12ClNS2/c1-11(2,14-3)7-4-8-9(12)6-15-10(8)13-5-7/h4-6H,1-3H3. The summed E-state index contributed by atoms with van der Waals surface area (Å²) < 4.78 is 0.0897. The van der Waals surface area contributed by atoms with Crippen LogP contribution >= 0.6 is 34.7 Å². The molecule has 0 aliphatic rings. The van der Waals surface area contributed by atoms with Crippen molar-refractivity contribution in [3.8, 4) is 0 Å². The fourth-order valence-electron chi connectivity index (χ4n) is 1.34. The van der Waals surface area contributed by atoms with Crippen molar-refractivity contribution in [2.75, 3.05) is 6.26 Å². The molecule has 2 heterocycles. The highest BCUT2D eigenvalue weighted by atomic mass is 35.5. The van der Waals surface area contributed by atoms with Gasteiger partial charge in [-0.25, -0.2) is 4.98 Å². The number of fused-ring (bicyclic) bond motifs is 1. The second-order valence-corrected chi connectivity index (χ2v) is 6.57. The fraction of sp³-hybridized carbons (Fsp3) is 0.364. The Balaban J connectivity index is 2.59. The van der Waals surface area contributed by atoms with Crippen molar-refractivity contribution >= 4 is 44.9 Å². The first-order chi connectivity index (χ1) is 7.04. The van der Waals surface area contributed by atoms with E-state index in [1.165, 1.54) is 5.56 Å². The Labute approximate surface area is 103 Å². The number of halogens is 1. The molecule has 0 radical (unpaired) electrons. The summed E-state index contributed by atoms with van der Waals surface area (Å²) >= 11 is 9.51. The third-order valence-electron chi connectivity index (χ3n) is 2.59. The van der Waals surface area contributed by atoms with Gasteiger partial charge >= 0.3 is 0 Å². The van der Waals surface area contributed by atoms with Crippen molar-refractivity contribution in [3.05, 3.63) is 28.2 Å². The Hall–Kier alpha value is -0.250. The third-order valence-corrected chi connectivity index (χ3v) is 5.19. The SMILES string of the molecule is CSC(C)(C)c1cnc2scc(Cl)c2c1. The molecule has 0 N–H and O–H groups in total. The van der Waals surface area contributed by atoms with Crippen LogP contribution in [0.1, 0.15) is 19.4 Å². The predicted octanol–water partition coefficient (Wildman–Crippen LogP) is 4.55. The van der Waals surface area contributed by atoms with E-state index < -0.39 is 0 Å². The molecule has 0 bridgehead atoms. The lowest BCUT2D eigenvalue weighted by atomic mass is 10.0. The average Bonchev–Trinajstić information content (AvgIpc) is 2.60. The first kappa shape index (κ1) is 11.2. The lowest BCUT2D eigenvalue weighted by molar-refractivity contribution is 0.782. The lowest BCUT2D eigenvalue weighted by Crippen LogP contribution is -2.11. The van der Waals surface area contributed by atoms with Gasteiger partial charge in [0.05, 0.1) is 5.02 Å². The van der Waals surface area contributed by atoms with Crippen LogP contribution in [0.15, 0.2) is 17.6 Å². The summed E-state index contributed by atoms with van der Waals surface area (Å²) in [5.74, 6) is 0. The van der Waals surface area contributed by atoms with E-state index in [1.54, 1.807) is 11.3 Å². The van der Waals surface area contributed by atoms with Gasteiger partial charge in [-0.3, -0.25) is 0 Å². The van der Waals surface area contributed by atoms with Gasteiger partial charge < -0.3 is 0 Å². The van der Waals surface area contributed by atoms with E-state index in [1.807, 2.05) is 23.3 Å². The first-order valence-electron chi connectivity index (χ1n) is 4.63. The van der Waals surface area contributed by atoms with Gasteiger partial charge in [-0.1, -0.05) is 11.6 Å². The van der Waals surface area contributed by atoms with Crippen LogP contribution in [0.25, 0.3) is 10.2 Å². The molecule has 0 fully saturated rings. The van der Waals surface area contributed by atoms with Crippen molar-refractivity contribution in [3.63, 3.8) is 0 Å². The Morgan fingerprint density at radius 2 is 2.20 bits per heavy atom. The van der Waals surface area contributed by atoms with Gasteiger partial charge in [0.2, 0.25) is 0 Å². The molecular formula is C11H12ClNS2. The number of hydrogen-bond donors (Lipinski definition) is 0. The summed E-state index contributed by atoms with van der Waals surface area (Å²) in [5, 5.41) is 3.82. The normalized spacial score (nSPS) is 12.3. The Kier molecular flexibility index (Phi) is 2.97. The summed E-state index contributed by atoms with van der Waals surface area (Å²) in [6.07, 6.45) is 4.06. The topological polar surface area (TPSA) is 12.9 Å². The first-order valence-corrected chi connectivity index (χ1v) is 7.11. The van der Waals surface area contributed by atoms with Crippen LogP contribution in [0.4, 0.5) is 0 Å². The summed E-state index contributed by atoms with van der Waals surface area (Å²) in [5.41, 5.74) is 1.22. The number of aromatic nitrogens is 1. The van der Waals surface area contributed by atoms with Crippen LogP contribution in [0.2, 0.25) is 5.02 Å². The molecule has 0 atom stereocenters. The largest absolute Gasteiger partial charge is 0.245 e. The summed E-state index contributed by atoms with van der Waals surface area (Å²) in [4.78, 5) is 5.45. The molecule has 80 valence electrons. The number of thioether (sulfide) groups is 1. The summed E-state index contributed by atoms with van der Waals surface area (Å²) in [6.45, 7) is 4.39. The van der Waals surface area contributed by atoms with E-state index in [0.29, 0.717) is 0 Å². The molecule has 0 saturated heterocycles. The summed E-state index contributed by atoms with van der Waals surface area (Å²) in [6, 6.07) is 2.15. The molecule has 0 amide bonds. The molecule has 0 spiro atoms. The highest BCUT2D eigenvalue weighted by Crippen LogP contribution is 2.37. The number of thiophene rings is 1. The highest BCUT2D eigenvalue weighted by Gasteiger charge is 2.20. The van der Waals surface area contributed by atoms with Crippen LogP contribution in [0.3, 0.4) is 0 Å². The quantitative estimate of drug-likeness (QED) is 0.783. The van der Waals surface area contributed by atoms with E-state index in [4.69, 9.17) is 11.6 Å². The van der Waals surface area contributed by atoms with Crippen LogP contribution in [0, 0.1) is 0 Å². The van der Waals surface area contributed by atoms with E-state index in [9.17, 15) is 0 Å². The van der Waals surface area contributed by atoms with Gasteiger partial charge in [0.1, 0.15) is 4.83 Å². The maximum Gasteiger partial charge on any atom is 0.124 e. The minimum Gasteiger partial charge on any atom is -0.245 e. The van der Waals surface area contributed by atoms with E-state index in [-0.39, 0.29) is 4.75 Å². The summed E-state index contributed by atoms with van der Waals surface area (Å²) in [7, 11) is 0. The minimum absolute atomic E-state index is 0.0897. The second kappa shape index (κ2) is 3.96. The highest BCUT2D eigenvalue weighted by molar-refractivity contribution is 7.99. The molecule has 0 aromatic carbocycles. The molecule has 0 aliphatic carbocycles. The van der Waals surface area contributed by atoms with Crippen molar-refractivity contribution in [2.24, 2.45) is 0 Å². The van der Waals surface area contributed by atoms with Crippen LogP contribution in [0.5, 0.6) is 0 Å². The minimum atomic E-state index is 0.0897. The van der Waals surface area contributed by atoms with Crippen LogP contribution in [-0.4, -0.2) is 11.2 Å². The maximum atomic E-state index is 6.10. The number of pyridine rings is 1. The molecule has 1 nitrogen and oxygen atoms in total. The van der Waals surface area contributed by atoms with Gasteiger partial charge in [-0.2, -0.15) is 11.8 Å². The molecule has 0 aliphatic heterocycles. The van der Waals surface area contributed by atoms with Crippen molar-refractivity contribution in [2.45, 2.75) is 18.6 Å². The van der Waals surface area contributed by atoms with Crippen molar-refractivity contribution in [1.82, 2.24) is 4.98 Å². The van der Waals surface area contributed by atoms with Crippen LogP contribution in [-0.2, 0) is 4.75 Å².